The maximum atomic E-state index is 12.5. The summed E-state index contributed by atoms with van der Waals surface area (Å²) in [7, 11) is 0. The molecule has 3 N–H and O–H groups in total. The number of hydrogen-bond donors (Lipinski definition) is 2. The van der Waals surface area contributed by atoms with Crippen molar-refractivity contribution in [3.05, 3.63) is 53.6 Å². The maximum Gasteiger partial charge on any atom is 0.316 e. The molecule has 0 unspecified atom stereocenters. The van der Waals surface area contributed by atoms with Gasteiger partial charge in [0.05, 0.1) is 11.4 Å². The Morgan fingerprint density at radius 1 is 1.09 bits per heavy atom. The van der Waals surface area contributed by atoms with Crippen LogP contribution in [0.3, 0.4) is 0 Å². The minimum atomic E-state index is -0.703. The third kappa shape index (κ3) is 3.88. The van der Waals surface area contributed by atoms with Crippen molar-refractivity contribution in [2.24, 2.45) is 0 Å². The van der Waals surface area contributed by atoms with Crippen molar-refractivity contribution in [1.82, 2.24) is 0 Å². The molecule has 0 saturated heterocycles. The van der Waals surface area contributed by atoms with Crippen molar-refractivity contribution in [2.45, 2.75) is 20.8 Å². The van der Waals surface area contributed by atoms with Crippen molar-refractivity contribution < 1.29 is 9.59 Å². The number of rotatable bonds is 3. The van der Waals surface area contributed by atoms with E-state index >= 15 is 0 Å². The summed E-state index contributed by atoms with van der Waals surface area (Å²) in [6.45, 7) is 6.06. The van der Waals surface area contributed by atoms with Crippen LogP contribution >= 0.6 is 0 Å². The number of carbonyl (C=O) groups excluding carboxylic acids is 2. The van der Waals surface area contributed by atoms with Crippen LogP contribution in [0.4, 0.5) is 17.1 Å². The van der Waals surface area contributed by atoms with Gasteiger partial charge in [0.1, 0.15) is 0 Å². The lowest BCUT2D eigenvalue weighted by molar-refractivity contribution is -0.134. The molecule has 2 rings (SSSR count). The highest BCUT2D eigenvalue weighted by Gasteiger charge is 2.22. The van der Waals surface area contributed by atoms with Gasteiger partial charge in [0, 0.05) is 12.2 Å². The molecule has 0 aliphatic heterocycles. The van der Waals surface area contributed by atoms with Gasteiger partial charge in [-0.15, -0.1) is 0 Å². The van der Waals surface area contributed by atoms with Crippen molar-refractivity contribution >= 4 is 28.9 Å². The summed E-state index contributed by atoms with van der Waals surface area (Å²) in [5.74, 6) is -1.32. The summed E-state index contributed by atoms with van der Waals surface area (Å²) in [6, 6.07) is 12.8. The van der Waals surface area contributed by atoms with Crippen molar-refractivity contribution in [1.29, 1.82) is 0 Å². The summed E-state index contributed by atoms with van der Waals surface area (Å²) in [5, 5.41) is 2.59. The number of hydrogen-bond acceptors (Lipinski definition) is 3. The Morgan fingerprint density at radius 2 is 1.78 bits per heavy atom. The number of nitrogen functional groups attached to an aromatic ring is 1. The number of amides is 2. The number of anilines is 3. The SMILES string of the molecule is CCN(C(=O)C(=O)Nc1cc(C)ccc1N)c1cccc(C)c1. The molecule has 0 aromatic heterocycles. The Balaban J connectivity index is 2.20. The van der Waals surface area contributed by atoms with Crippen LogP contribution in [0.2, 0.25) is 0 Å². The van der Waals surface area contributed by atoms with Crippen molar-refractivity contribution in [2.75, 3.05) is 22.5 Å². The third-order valence-electron chi connectivity index (χ3n) is 3.53. The summed E-state index contributed by atoms with van der Waals surface area (Å²) >= 11 is 0. The molecule has 0 spiro atoms. The van der Waals surface area contributed by atoms with Gasteiger partial charge in [0.25, 0.3) is 0 Å². The van der Waals surface area contributed by atoms with Crippen LogP contribution in [0.5, 0.6) is 0 Å². The Bertz CT molecular complexity index is 741. The molecule has 2 aromatic rings. The van der Waals surface area contributed by atoms with E-state index in [1.54, 1.807) is 12.1 Å². The van der Waals surface area contributed by atoms with E-state index in [2.05, 4.69) is 5.32 Å². The van der Waals surface area contributed by atoms with E-state index in [0.29, 0.717) is 23.6 Å². The number of nitrogens with zero attached hydrogens (tertiary/aromatic N) is 1. The summed E-state index contributed by atoms with van der Waals surface area (Å²) in [5.41, 5.74) is 9.39. The van der Waals surface area contributed by atoms with Gasteiger partial charge in [-0.25, -0.2) is 0 Å². The second-order valence-corrected chi connectivity index (χ2v) is 5.43. The third-order valence-corrected chi connectivity index (χ3v) is 3.53. The average Bonchev–Trinajstić information content (AvgIpc) is 2.51. The van der Waals surface area contributed by atoms with Crippen molar-refractivity contribution in [3.63, 3.8) is 0 Å². The Labute approximate surface area is 136 Å². The molecule has 0 radical (unpaired) electrons. The molecular formula is C18H21N3O2. The topological polar surface area (TPSA) is 75.4 Å². The molecule has 0 fully saturated rings. The van der Waals surface area contributed by atoms with Crippen LogP contribution < -0.4 is 16.0 Å². The standard InChI is InChI=1S/C18H21N3O2/c1-4-21(14-7-5-6-12(2)10-14)18(23)17(22)20-16-11-13(3)8-9-15(16)19/h5-11H,4,19H2,1-3H3,(H,20,22). The number of benzene rings is 2. The van der Waals surface area contributed by atoms with Crippen molar-refractivity contribution in [3.8, 4) is 0 Å². The molecule has 2 amide bonds. The van der Waals surface area contributed by atoms with E-state index in [-0.39, 0.29) is 0 Å². The van der Waals surface area contributed by atoms with E-state index in [4.69, 9.17) is 5.73 Å². The zero-order valence-corrected chi connectivity index (χ0v) is 13.6. The first-order chi connectivity index (χ1) is 10.9. The number of nitrogens with one attached hydrogen (secondary N) is 1. The lowest BCUT2D eigenvalue weighted by Crippen LogP contribution is -2.39. The fourth-order valence-electron chi connectivity index (χ4n) is 2.32. The van der Waals surface area contributed by atoms with Gasteiger partial charge < -0.3 is 16.0 Å². The van der Waals surface area contributed by atoms with E-state index in [0.717, 1.165) is 11.1 Å². The van der Waals surface area contributed by atoms with E-state index in [1.807, 2.05) is 51.1 Å². The zero-order chi connectivity index (χ0) is 17.0. The lowest BCUT2D eigenvalue weighted by atomic mass is 10.2. The molecule has 5 heteroatoms. The molecule has 23 heavy (non-hydrogen) atoms. The Hall–Kier alpha value is -2.82. The molecule has 0 aliphatic rings. The number of aryl methyl sites for hydroxylation is 2. The van der Waals surface area contributed by atoms with Crippen LogP contribution in [0.15, 0.2) is 42.5 Å². The highest BCUT2D eigenvalue weighted by Crippen LogP contribution is 2.20. The van der Waals surface area contributed by atoms with Gasteiger partial charge in [0.2, 0.25) is 0 Å². The van der Waals surface area contributed by atoms with E-state index in [1.165, 1.54) is 4.90 Å². The Morgan fingerprint density at radius 3 is 2.43 bits per heavy atom. The first-order valence-corrected chi connectivity index (χ1v) is 7.48. The second-order valence-electron chi connectivity index (χ2n) is 5.43. The smallest absolute Gasteiger partial charge is 0.316 e. The zero-order valence-electron chi connectivity index (χ0n) is 13.6. The first kappa shape index (κ1) is 16.5. The quantitative estimate of drug-likeness (QED) is 0.676. The predicted molar refractivity (Wildman–Crippen MR) is 93.4 cm³/mol. The summed E-state index contributed by atoms with van der Waals surface area (Å²) in [4.78, 5) is 26.2. The van der Waals surface area contributed by atoms with Crippen LogP contribution in [-0.2, 0) is 9.59 Å². The van der Waals surface area contributed by atoms with Gasteiger partial charge in [-0.2, -0.15) is 0 Å². The minimum Gasteiger partial charge on any atom is -0.397 e. The molecule has 0 atom stereocenters. The summed E-state index contributed by atoms with van der Waals surface area (Å²) in [6.07, 6.45) is 0. The molecule has 5 nitrogen and oxygen atoms in total. The normalized spacial score (nSPS) is 10.2. The van der Waals surface area contributed by atoms with Crippen LogP contribution in [0.25, 0.3) is 0 Å². The Kier molecular flexibility index (Phi) is 5.01. The molecule has 0 aliphatic carbocycles. The van der Waals surface area contributed by atoms with Gasteiger partial charge in [0.15, 0.2) is 0 Å². The van der Waals surface area contributed by atoms with Gasteiger partial charge in [-0.3, -0.25) is 9.59 Å². The van der Waals surface area contributed by atoms with E-state index < -0.39 is 11.8 Å². The minimum absolute atomic E-state index is 0.402. The number of nitrogens with two attached hydrogens (primary N) is 1. The average molecular weight is 311 g/mol. The number of carbonyl (C=O) groups is 2. The highest BCUT2D eigenvalue weighted by molar-refractivity contribution is 6.44. The van der Waals surface area contributed by atoms with Gasteiger partial charge in [-0.05, 0) is 56.2 Å². The first-order valence-electron chi connectivity index (χ1n) is 7.48. The fourth-order valence-corrected chi connectivity index (χ4v) is 2.32. The van der Waals surface area contributed by atoms with Gasteiger partial charge in [-0.1, -0.05) is 18.2 Å². The molecule has 120 valence electrons. The predicted octanol–water partition coefficient (Wildman–Crippen LogP) is 2.88. The van der Waals surface area contributed by atoms with Crippen LogP contribution in [0.1, 0.15) is 18.1 Å². The maximum absolute atomic E-state index is 12.5. The molecule has 0 heterocycles. The van der Waals surface area contributed by atoms with Crippen LogP contribution in [0, 0.1) is 13.8 Å². The molecular weight excluding hydrogens is 290 g/mol. The largest absolute Gasteiger partial charge is 0.397 e. The fraction of sp³-hybridized carbons (Fsp3) is 0.222. The molecule has 0 saturated carbocycles. The second kappa shape index (κ2) is 6.96. The number of likely N-dealkylation sites (N-methyl/N-ethyl adjacent to an activating group) is 1. The summed E-state index contributed by atoms with van der Waals surface area (Å²) < 4.78 is 0. The van der Waals surface area contributed by atoms with Gasteiger partial charge >= 0.3 is 11.8 Å². The van der Waals surface area contributed by atoms with Crippen LogP contribution in [-0.4, -0.2) is 18.4 Å². The highest BCUT2D eigenvalue weighted by atomic mass is 16.2. The van der Waals surface area contributed by atoms with E-state index in [9.17, 15) is 9.59 Å². The lowest BCUT2D eigenvalue weighted by Gasteiger charge is -2.21. The monoisotopic (exact) mass is 311 g/mol. The molecule has 2 aromatic carbocycles. The molecule has 0 bridgehead atoms.